The number of terminal acetylenes is 1. The van der Waals surface area contributed by atoms with Gasteiger partial charge in [0.1, 0.15) is 11.5 Å². The van der Waals surface area contributed by atoms with Gasteiger partial charge in [0.2, 0.25) is 0 Å². The molecule has 0 aliphatic rings. The summed E-state index contributed by atoms with van der Waals surface area (Å²) in [5.41, 5.74) is 3.18. The molecule has 1 heterocycles. The molecule has 0 spiro atoms. The average Bonchev–Trinajstić information content (AvgIpc) is 2.71. The van der Waals surface area contributed by atoms with Gasteiger partial charge in [-0.15, -0.1) is 6.42 Å². The van der Waals surface area contributed by atoms with Crippen LogP contribution in [0.2, 0.25) is 0 Å². The largest absolute Gasteiger partial charge is 0.380 e. The smallest absolute Gasteiger partial charge is 0.146 e. The molecule has 0 amide bonds. The van der Waals surface area contributed by atoms with Crippen LogP contribution in [0, 0.1) is 25.2 Å². The second kappa shape index (κ2) is 11.6. The van der Waals surface area contributed by atoms with Crippen LogP contribution >= 0.6 is 0 Å². The SMILES string of the molecule is C#CC(/C=C(/F)C(=C)NC(C)C(C)C)=C(/C)Nc1cnc(C)c(N(N=C)/N=C\C)c1. The summed E-state index contributed by atoms with van der Waals surface area (Å²) in [6.45, 7) is 18.7. The third-order valence-corrected chi connectivity index (χ3v) is 4.49. The predicted octanol–water partition coefficient (Wildman–Crippen LogP) is 5.14. The van der Waals surface area contributed by atoms with Gasteiger partial charge < -0.3 is 10.6 Å². The summed E-state index contributed by atoms with van der Waals surface area (Å²) in [6, 6.07) is 1.89. The fourth-order valence-electron chi connectivity index (χ4n) is 2.34. The van der Waals surface area contributed by atoms with Crippen molar-refractivity contribution < 1.29 is 4.39 Å². The zero-order valence-corrected chi connectivity index (χ0v) is 18.6. The lowest BCUT2D eigenvalue weighted by molar-refractivity contribution is 0.454. The van der Waals surface area contributed by atoms with Gasteiger partial charge in [-0.25, -0.2) is 4.39 Å². The number of aryl methyl sites for hydroxylation is 1. The van der Waals surface area contributed by atoms with Crippen molar-refractivity contribution in [2.45, 2.75) is 47.6 Å². The summed E-state index contributed by atoms with van der Waals surface area (Å²) in [5.74, 6) is 2.34. The number of nitrogens with zero attached hydrogens (tertiary/aromatic N) is 4. The van der Waals surface area contributed by atoms with Crippen molar-refractivity contribution in [2.24, 2.45) is 16.1 Å². The number of nitrogens with one attached hydrogen (secondary N) is 2. The number of hydrazone groups is 2. The summed E-state index contributed by atoms with van der Waals surface area (Å²) < 4.78 is 14.6. The molecule has 2 N–H and O–H groups in total. The van der Waals surface area contributed by atoms with Crippen molar-refractivity contribution in [3.63, 3.8) is 0 Å². The lowest BCUT2D eigenvalue weighted by atomic mass is 10.1. The molecule has 0 aromatic carbocycles. The molecule has 160 valence electrons. The molecule has 0 aliphatic carbocycles. The number of pyridine rings is 1. The fraction of sp³-hybridized carbons (Fsp3) is 0.348. The molecule has 1 aromatic rings. The van der Waals surface area contributed by atoms with Crippen molar-refractivity contribution in [3.05, 3.63) is 53.4 Å². The van der Waals surface area contributed by atoms with Crippen LogP contribution in [-0.2, 0) is 0 Å². The van der Waals surface area contributed by atoms with E-state index in [1.165, 1.54) is 11.2 Å². The Labute approximate surface area is 179 Å². The molecular weight excluding hydrogens is 379 g/mol. The van der Waals surface area contributed by atoms with E-state index in [9.17, 15) is 4.39 Å². The van der Waals surface area contributed by atoms with Crippen molar-refractivity contribution >= 4 is 24.3 Å². The first kappa shape index (κ1) is 24.6. The van der Waals surface area contributed by atoms with E-state index in [0.29, 0.717) is 28.6 Å². The molecular formula is C23H31FN6. The van der Waals surface area contributed by atoms with Gasteiger partial charge in [0.25, 0.3) is 0 Å². The standard InChI is InChI=1S/C23H31FN6/c1-10-20(12-22(24)18(7)28-16(5)15(3)4)17(6)29-21-13-23(19(8)26-14-21)30(25-9)27-11-2/h1,11-16,28-29H,7,9H2,2-6,8H3/b20-17+,22-12+,27-11-. The lowest BCUT2D eigenvalue weighted by Gasteiger charge is -2.19. The summed E-state index contributed by atoms with van der Waals surface area (Å²) in [5, 5.41) is 15.6. The molecule has 1 aromatic heterocycles. The second-order valence-corrected chi connectivity index (χ2v) is 7.09. The molecule has 1 unspecified atom stereocenters. The number of allylic oxidation sites excluding steroid dienone is 4. The van der Waals surface area contributed by atoms with E-state index in [-0.39, 0.29) is 11.7 Å². The number of rotatable bonds is 10. The first-order valence-electron chi connectivity index (χ1n) is 9.64. The van der Waals surface area contributed by atoms with E-state index in [0.717, 1.165) is 5.69 Å². The van der Waals surface area contributed by atoms with Gasteiger partial charge in [-0.3, -0.25) is 4.98 Å². The van der Waals surface area contributed by atoms with Crippen LogP contribution in [0.15, 0.2) is 57.9 Å². The summed E-state index contributed by atoms with van der Waals surface area (Å²) in [7, 11) is 0. The molecule has 7 heteroatoms. The minimum absolute atomic E-state index is 0.0818. The maximum atomic E-state index is 14.6. The van der Waals surface area contributed by atoms with Crippen molar-refractivity contribution in [1.82, 2.24) is 10.3 Å². The lowest BCUT2D eigenvalue weighted by Crippen LogP contribution is -2.29. The van der Waals surface area contributed by atoms with Crippen LogP contribution in [0.4, 0.5) is 15.8 Å². The van der Waals surface area contributed by atoms with Crippen LogP contribution in [0.25, 0.3) is 0 Å². The zero-order chi connectivity index (χ0) is 22.8. The van der Waals surface area contributed by atoms with Crippen LogP contribution < -0.4 is 15.8 Å². The zero-order valence-electron chi connectivity index (χ0n) is 18.6. The number of hydrogen-bond donors (Lipinski definition) is 2. The van der Waals surface area contributed by atoms with E-state index < -0.39 is 5.83 Å². The van der Waals surface area contributed by atoms with E-state index in [1.54, 1.807) is 26.3 Å². The second-order valence-electron chi connectivity index (χ2n) is 7.09. The number of hydrogen-bond acceptors (Lipinski definition) is 6. The predicted molar refractivity (Wildman–Crippen MR) is 126 cm³/mol. The highest BCUT2D eigenvalue weighted by atomic mass is 19.1. The van der Waals surface area contributed by atoms with E-state index >= 15 is 0 Å². The van der Waals surface area contributed by atoms with Crippen molar-refractivity contribution in [2.75, 3.05) is 10.4 Å². The average molecular weight is 411 g/mol. The van der Waals surface area contributed by atoms with E-state index in [2.05, 4.69) is 45.0 Å². The molecule has 6 nitrogen and oxygen atoms in total. The molecule has 1 atom stereocenters. The quantitative estimate of drug-likeness (QED) is 0.243. The number of aromatic nitrogens is 1. The molecule has 0 radical (unpaired) electrons. The summed E-state index contributed by atoms with van der Waals surface area (Å²) in [6.07, 6.45) is 10.1. The van der Waals surface area contributed by atoms with Gasteiger partial charge >= 0.3 is 0 Å². The van der Waals surface area contributed by atoms with Crippen LogP contribution in [-0.4, -0.2) is 24.0 Å². The maximum Gasteiger partial charge on any atom is 0.146 e. The Balaban J connectivity index is 3.15. The Bertz CT molecular complexity index is 905. The van der Waals surface area contributed by atoms with Crippen LogP contribution in [0.3, 0.4) is 0 Å². The Hall–Kier alpha value is -3.40. The topological polar surface area (TPSA) is 64.9 Å². The molecule has 1 rings (SSSR count). The van der Waals surface area contributed by atoms with E-state index in [4.69, 9.17) is 6.42 Å². The normalized spacial score (nSPS) is 13.5. The minimum Gasteiger partial charge on any atom is -0.380 e. The van der Waals surface area contributed by atoms with Gasteiger partial charge in [0.15, 0.2) is 0 Å². The van der Waals surface area contributed by atoms with Crippen LogP contribution in [0.5, 0.6) is 0 Å². The van der Waals surface area contributed by atoms with Gasteiger partial charge in [-0.1, -0.05) is 26.3 Å². The highest BCUT2D eigenvalue weighted by molar-refractivity contribution is 5.64. The first-order chi connectivity index (χ1) is 14.1. The van der Waals surface area contributed by atoms with Crippen molar-refractivity contribution in [3.8, 4) is 12.3 Å². The van der Waals surface area contributed by atoms with Crippen molar-refractivity contribution in [1.29, 1.82) is 0 Å². The minimum atomic E-state index is -0.515. The molecule has 0 fully saturated rings. The van der Waals surface area contributed by atoms with Gasteiger partial charge in [0.05, 0.1) is 23.3 Å². The fourth-order valence-corrected chi connectivity index (χ4v) is 2.34. The highest BCUT2D eigenvalue weighted by Gasteiger charge is 2.12. The maximum absolute atomic E-state index is 14.6. The molecule has 0 saturated carbocycles. The molecule has 0 bridgehead atoms. The Morgan fingerprint density at radius 1 is 1.40 bits per heavy atom. The summed E-state index contributed by atoms with van der Waals surface area (Å²) in [4.78, 5) is 4.35. The molecule has 0 saturated heterocycles. The Morgan fingerprint density at radius 2 is 2.07 bits per heavy atom. The molecule has 0 aliphatic heterocycles. The summed E-state index contributed by atoms with van der Waals surface area (Å²) >= 11 is 0. The van der Waals surface area contributed by atoms with Crippen LogP contribution in [0.1, 0.15) is 40.3 Å². The first-order valence-corrected chi connectivity index (χ1v) is 9.64. The highest BCUT2D eigenvalue weighted by Crippen LogP contribution is 2.24. The third kappa shape index (κ3) is 6.89. The van der Waals surface area contributed by atoms with E-state index in [1.807, 2.05) is 33.8 Å². The van der Waals surface area contributed by atoms with Gasteiger partial charge in [0, 0.05) is 30.2 Å². The Morgan fingerprint density at radius 3 is 2.60 bits per heavy atom. The van der Waals surface area contributed by atoms with Gasteiger partial charge in [-0.2, -0.15) is 15.3 Å². The molecule has 30 heavy (non-hydrogen) atoms. The Kier molecular flexibility index (Phi) is 9.50. The monoisotopic (exact) mass is 410 g/mol. The number of anilines is 2. The third-order valence-electron chi connectivity index (χ3n) is 4.49. The van der Waals surface area contributed by atoms with Gasteiger partial charge in [-0.05, 0) is 45.8 Å². The number of halogens is 1.